The molecule has 0 heterocycles. The maximum atomic E-state index is 1.89. The molecule has 0 saturated heterocycles. The van der Waals surface area contributed by atoms with Gasteiger partial charge in [0.25, 0.3) is 0 Å². The zero-order valence-electron chi connectivity index (χ0n) is 7.44. The standard InChI is InChI=1S/C11H19/c1-4-10-6-2-7-11(5-1)9-3-8-10/h10H,1-9H2. The molecule has 0 N–H and O–H groups in total. The summed E-state index contributed by atoms with van der Waals surface area (Å²) in [6.45, 7) is 0. The van der Waals surface area contributed by atoms with Crippen molar-refractivity contribution in [2.45, 2.75) is 57.8 Å². The van der Waals surface area contributed by atoms with E-state index in [0.29, 0.717) is 0 Å². The molecule has 0 aliphatic heterocycles. The van der Waals surface area contributed by atoms with Crippen LogP contribution in [0.15, 0.2) is 0 Å². The maximum absolute atomic E-state index is 1.89. The number of hydrogen-bond donors (Lipinski definition) is 0. The van der Waals surface area contributed by atoms with E-state index in [1.807, 2.05) is 5.92 Å². The molecule has 0 atom stereocenters. The summed E-state index contributed by atoms with van der Waals surface area (Å²) in [6, 6.07) is 0. The molecular weight excluding hydrogens is 132 g/mol. The summed E-state index contributed by atoms with van der Waals surface area (Å²) >= 11 is 0. The predicted molar refractivity (Wildman–Crippen MR) is 48.3 cm³/mol. The fourth-order valence-corrected chi connectivity index (χ4v) is 2.73. The normalized spacial score (nSPS) is 29.5. The van der Waals surface area contributed by atoms with Gasteiger partial charge in [-0.25, -0.2) is 0 Å². The average Bonchev–Trinajstić information content (AvgIpc) is 1.80. The molecule has 2 bridgehead atoms. The molecular formula is C11H19. The maximum Gasteiger partial charge on any atom is -0.0241 e. The van der Waals surface area contributed by atoms with Crippen LogP contribution in [-0.4, -0.2) is 0 Å². The van der Waals surface area contributed by atoms with E-state index in [4.69, 9.17) is 0 Å². The Kier molecular flexibility index (Phi) is 2.50. The van der Waals surface area contributed by atoms with Gasteiger partial charge in [-0.2, -0.15) is 0 Å². The first-order valence-corrected chi connectivity index (χ1v) is 5.29. The predicted octanol–water partition coefficient (Wildman–Crippen LogP) is 3.72. The third kappa shape index (κ3) is 1.98. The lowest BCUT2D eigenvalue weighted by molar-refractivity contribution is 0.323. The van der Waals surface area contributed by atoms with E-state index in [1.165, 1.54) is 57.8 Å². The van der Waals surface area contributed by atoms with Crippen molar-refractivity contribution in [3.63, 3.8) is 0 Å². The van der Waals surface area contributed by atoms with Crippen molar-refractivity contribution in [2.75, 3.05) is 0 Å². The smallest absolute Gasteiger partial charge is 0.0241 e. The van der Waals surface area contributed by atoms with E-state index < -0.39 is 0 Å². The summed E-state index contributed by atoms with van der Waals surface area (Å²) in [5, 5.41) is 0. The Morgan fingerprint density at radius 1 is 0.727 bits per heavy atom. The summed E-state index contributed by atoms with van der Waals surface area (Å²) in [6.07, 6.45) is 13.5. The molecule has 3 saturated carbocycles. The molecule has 11 heavy (non-hydrogen) atoms. The lowest BCUT2D eigenvalue weighted by Crippen LogP contribution is -2.12. The van der Waals surface area contributed by atoms with Crippen LogP contribution in [0.5, 0.6) is 0 Å². The van der Waals surface area contributed by atoms with Gasteiger partial charge in [-0.15, -0.1) is 0 Å². The minimum atomic E-state index is 1.11. The molecule has 0 aromatic rings. The van der Waals surface area contributed by atoms with Crippen molar-refractivity contribution >= 4 is 0 Å². The highest BCUT2D eigenvalue weighted by Gasteiger charge is 2.20. The molecule has 63 valence electrons. The average molecular weight is 151 g/mol. The zero-order chi connectivity index (χ0) is 7.52. The summed E-state index contributed by atoms with van der Waals surface area (Å²) in [4.78, 5) is 0. The lowest BCUT2D eigenvalue weighted by Gasteiger charge is -2.28. The van der Waals surface area contributed by atoms with Crippen molar-refractivity contribution in [3.8, 4) is 0 Å². The van der Waals surface area contributed by atoms with Crippen LogP contribution in [0, 0.1) is 11.8 Å². The highest BCUT2D eigenvalue weighted by Crippen LogP contribution is 2.36. The van der Waals surface area contributed by atoms with Gasteiger partial charge in [0.05, 0.1) is 0 Å². The van der Waals surface area contributed by atoms with Crippen LogP contribution in [-0.2, 0) is 0 Å². The fourth-order valence-electron chi connectivity index (χ4n) is 2.73. The van der Waals surface area contributed by atoms with E-state index in [0.717, 1.165) is 5.92 Å². The third-order valence-corrected chi connectivity index (χ3v) is 3.43. The molecule has 0 amide bonds. The summed E-state index contributed by atoms with van der Waals surface area (Å²) in [5.41, 5.74) is 0. The van der Waals surface area contributed by atoms with E-state index in [2.05, 4.69) is 0 Å². The first-order chi connectivity index (χ1) is 5.45. The van der Waals surface area contributed by atoms with Gasteiger partial charge < -0.3 is 0 Å². The number of hydrogen-bond acceptors (Lipinski definition) is 0. The molecule has 0 spiro atoms. The second kappa shape index (κ2) is 3.60. The molecule has 0 aromatic heterocycles. The van der Waals surface area contributed by atoms with Crippen LogP contribution in [0.3, 0.4) is 0 Å². The van der Waals surface area contributed by atoms with Gasteiger partial charge in [0, 0.05) is 0 Å². The van der Waals surface area contributed by atoms with Gasteiger partial charge >= 0.3 is 0 Å². The van der Waals surface area contributed by atoms with Crippen molar-refractivity contribution in [1.82, 2.24) is 0 Å². The van der Waals surface area contributed by atoms with Crippen LogP contribution in [0.2, 0.25) is 0 Å². The quantitative estimate of drug-likeness (QED) is 0.495. The highest BCUT2D eigenvalue weighted by molar-refractivity contribution is 4.93. The second-order valence-corrected chi connectivity index (χ2v) is 4.29. The molecule has 0 unspecified atom stereocenters. The molecule has 3 aliphatic rings. The second-order valence-electron chi connectivity index (χ2n) is 4.29. The monoisotopic (exact) mass is 151 g/mol. The molecule has 0 nitrogen and oxygen atoms in total. The summed E-state index contributed by atoms with van der Waals surface area (Å²) < 4.78 is 0. The Labute approximate surface area is 70.4 Å². The van der Waals surface area contributed by atoms with Crippen molar-refractivity contribution in [1.29, 1.82) is 0 Å². The minimum Gasteiger partial charge on any atom is -0.0525 e. The van der Waals surface area contributed by atoms with Gasteiger partial charge in [0.2, 0.25) is 0 Å². The van der Waals surface area contributed by atoms with E-state index in [1.54, 1.807) is 0 Å². The van der Waals surface area contributed by atoms with Crippen LogP contribution in [0.4, 0.5) is 0 Å². The van der Waals surface area contributed by atoms with Crippen molar-refractivity contribution in [3.05, 3.63) is 5.92 Å². The summed E-state index contributed by atoms with van der Waals surface area (Å²) in [5.74, 6) is 3.00. The van der Waals surface area contributed by atoms with Crippen LogP contribution < -0.4 is 0 Å². The van der Waals surface area contributed by atoms with Gasteiger partial charge in [0.1, 0.15) is 0 Å². The van der Waals surface area contributed by atoms with E-state index in [-0.39, 0.29) is 0 Å². The third-order valence-electron chi connectivity index (χ3n) is 3.43. The van der Waals surface area contributed by atoms with E-state index >= 15 is 0 Å². The Morgan fingerprint density at radius 2 is 1.18 bits per heavy atom. The first kappa shape index (κ1) is 7.64. The highest BCUT2D eigenvalue weighted by atomic mass is 14.3. The minimum absolute atomic E-state index is 1.11. The van der Waals surface area contributed by atoms with Gasteiger partial charge in [-0.3, -0.25) is 0 Å². The van der Waals surface area contributed by atoms with Crippen LogP contribution in [0.25, 0.3) is 0 Å². The molecule has 3 aliphatic carbocycles. The topological polar surface area (TPSA) is 0 Å². The molecule has 3 rings (SSSR count). The molecule has 0 aromatic carbocycles. The largest absolute Gasteiger partial charge is 0.0525 e. The van der Waals surface area contributed by atoms with Gasteiger partial charge in [0.15, 0.2) is 0 Å². The SMILES string of the molecule is C1C[C]2CCCC(C1)CCC2. The van der Waals surface area contributed by atoms with Gasteiger partial charge in [-0.05, 0) is 31.1 Å². The van der Waals surface area contributed by atoms with Gasteiger partial charge in [-0.1, -0.05) is 38.5 Å². The van der Waals surface area contributed by atoms with Crippen molar-refractivity contribution in [2.24, 2.45) is 5.92 Å². The first-order valence-electron chi connectivity index (χ1n) is 5.29. The lowest BCUT2D eigenvalue weighted by atomic mass is 9.78. The molecule has 3 fully saturated rings. The zero-order valence-corrected chi connectivity index (χ0v) is 7.44. The number of rotatable bonds is 0. The Hall–Kier alpha value is 0. The van der Waals surface area contributed by atoms with E-state index in [9.17, 15) is 0 Å². The van der Waals surface area contributed by atoms with Crippen LogP contribution in [0.1, 0.15) is 57.8 Å². The summed E-state index contributed by atoms with van der Waals surface area (Å²) in [7, 11) is 0. The Morgan fingerprint density at radius 3 is 1.64 bits per heavy atom. The van der Waals surface area contributed by atoms with Crippen LogP contribution >= 0.6 is 0 Å². The fraction of sp³-hybridized carbons (Fsp3) is 0.909. The molecule has 1 radical (unpaired) electrons. The molecule has 0 heteroatoms. The van der Waals surface area contributed by atoms with Crippen molar-refractivity contribution < 1.29 is 0 Å². The Balaban J connectivity index is 1.96. The number of fused-ring (bicyclic) bond motifs is 6. The Bertz CT molecular complexity index is 81.4.